The predicted molar refractivity (Wildman–Crippen MR) is 90.3 cm³/mol. The number of rotatable bonds is 5. The van der Waals surface area contributed by atoms with Crippen molar-refractivity contribution in [1.29, 1.82) is 0 Å². The third kappa shape index (κ3) is 3.83. The highest BCUT2D eigenvalue weighted by molar-refractivity contribution is 6.55. The Morgan fingerprint density at radius 2 is 1.87 bits per heavy atom. The third-order valence-corrected chi connectivity index (χ3v) is 4.53. The van der Waals surface area contributed by atoms with Crippen molar-refractivity contribution in [2.75, 3.05) is 13.6 Å². The second-order valence-corrected chi connectivity index (χ2v) is 6.85. The number of likely N-dealkylation sites (N-methyl/N-ethyl adjacent to an activating group) is 1. The van der Waals surface area contributed by atoms with Crippen LogP contribution in [0.2, 0.25) is 0 Å². The minimum atomic E-state index is -0.463. The maximum absolute atomic E-state index is 13.5. The summed E-state index contributed by atoms with van der Waals surface area (Å²) < 4.78 is 25.7. The van der Waals surface area contributed by atoms with Gasteiger partial charge in [-0.2, -0.15) is 0 Å². The van der Waals surface area contributed by atoms with Gasteiger partial charge < -0.3 is 19.7 Å². The maximum Gasteiger partial charge on any atom is 0.491 e. The molecular weight excluding hydrogens is 296 g/mol. The largest absolute Gasteiger partial charge is 0.491 e. The Morgan fingerprint density at radius 1 is 1.26 bits per heavy atom. The van der Waals surface area contributed by atoms with E-state index in [2.05, 4.69) is 5.32 Å². The van der Waals surface area contributed by atoms with Gasteiger partial charge in [-0.1, -0.05) is 12.1 Å². The van der Waals surface area contributed by atoms with Gasteiger partial charge in [-0.15, -0.1) is 0 Å². The van der Waals surface area contributed by atoms with Gasteiger partial charge in [-0.3, -0.25) is 0 Å². The van der Waals surface area contributed by atoms with Crippen molar-refractivity contribution in [2.24, 2.45) is 0 Å². The average Bonchev–Trinajstić information content (AvgIpc) is 2.69. The van der Waals surface area contributed by atoms with E-state index in [0.29, 0.717) is 6.54 Å². The molecule has 1 aliphatic heterocycles. The molecule has 0 saturated carbocycles. The van der Waals surface area contributed by atoms with Crippen molar-refractivity contribution in [1.82, 2.24) is 5.32 Å². The molecule has 0 atom stereocenters. The molecule has 0 aromatic heterocycles. The first-order valence-electron chi connectivity index (χ1n) is 7.80. The highest BCUT2D eigenvalue weighted by Crippen LogP contribution is 2.38. The zero-order valence-corrected chi connectivity index (χ0v) is 14.4. The first kappa shape index (κ1) is 18.1. The molecule has 1 aromatic rings. The number of nitrogens with one attached hydrogen (secondary N) is 1. The van der Waals surface area contributed by atoms with E-state index >= 15 is 0 Å². The molecule has 0 amide bonds. The summed E-state index contributed by atoms with van der Waals surface area (Å²) in [7, 11) is 1.39. The quantitative estimate of drug-likeness (QED) is 0.819. The molecule has 1 aliphatic rings. The molecule has 1 aromatic carbocycles. The smallest absolute Gasteiger partial charge is 0.400 e. The van der Waals surface area contributed by atoms with Crippen molar-refractivity contribution in [3.63, 3.8) is 0 Å². The molecule has 0 bridgehead atoms. The first-order chi connectivity index (χ1) is 10.7. The number of aliphatic hydroxyl groups excluding tert-OH is 1. The van der Waals surface area contributed by atoms with E-state index in [1.807, 2.05) is 40.8 Å². The van der Waals surface area contributed by atoms with E-state index in [4.69, 9.17) is 9.31 Å². The molecule has 0 spiro atoms. The lowest BCUT2D eigenvalue weighted by Crippen LogP contribution is -2.41. The van der Waals surface area contributed by atoms with Gasteiger partial charge in [-0.25, -0.2) is 4.39 Å². The molecule has 2 rings (SSSR count). The summed E-state index contributed by atoms with van der Waals surface area (Å²) in [6.45, 7) is 8.28. The molecule has 4 nitrogen and oxygen atoms in total. The lowest BCUT2D eigenvalue weighted by atomic mass is 9.77. The SMILES string of the molecule is CNCC(=Cc1ccc(F)c(CO)c1)B1OC(C)(C)C(C)(C)O1. The van der Waals surface area contributed by atoms with Crippen LogP contribution in [0.15, 0.2) is 23.7 Å². The van der Waals surface area contributed by atoms with Gasteiger partial charge in [0.1, 0.15) is 5.82 Å². The zero-order chi connectivity index (χ0) is 17.3. The fourth-order valence-electron chi connectivity index (χ4n) is 2.42. The lowest BCUT2D eigenvalue weighted by molar-refractivity contribution is 0.00578. The summed E-state index contributed by atoms with van der Waals surface area (Å²) in [4.78, 5) is 0. The van der Waals surface area contributed by atoms with Crippen LogP contribution in [0.25, 0.3) is 6.08 Å². The van der Waals surface area contributed by atoms with Crippen LogP contribution in [0, 0.1) is 5.82 Å². The summed E-state index contributed by atoms with van der Waals surface area (Å²) in [5.41, 5.74) is 1.17. The normalized spacial score (nSPS) is 20.1. The second kappa shape index (κ2) is 6.73. The van der Waals surface area contributed by atoms with Crippen molar-refractivity contribution in [2.45, 2.75) is 45.5 Å². The average molecular weight is 321 g/mol. The molecule has 0 aliphatic carbocycles. The van der Waals surface area contributed by atoms with Crippen LogP contribution >= 0.6 is 0 Å². The second-order valence-electron chi connectivity index (χ2n) is 6.85. The molecule has 0 radical (unpaired) electrons. The van der Waals surface area contributed by atoms with Gasteiger partial charge in [0.25, 0.3) is 0 Å². The number of hydrogen-bond acceptors (Lipinski definition) is 4. The molecule has 1 saturated heterocycles. The van der Waals surface area contributed by atoms with Gasteiger partial charge in [0.05, 0.1) is 17.8 Å². The Bertz CT molecular complexity index is 586. The monoisotopic (exact) mass is 321 g/mol. The van der Waals surface area contributed by atoms with Gasteiger partial charge in [0, 0.05) is 12.1 Å². The summed E-state index contributed by atoms with van der Waals surface area (Å²) >= 11 is 0. The van der Waals surface area contributed by atoms with E-state index in [1.54, 1.807) is 12.1 Å². The minimum Gasteiger partial charge on any atom is -0.400 e. The molecule has 2 N–H and O–H groups in total. The lowest BCUT2D eigenvalue weighted by Gasteiger charge is -2.32. The van der Waals surface area contributed by atoms with E-state index < -0.39 is 24.1 Å². The first-order valence-corrected chi connectivity index (χ1v) is 7.80. The van der Waals surface area contributed by atoms with Crippen LogP contribution in [-0.4, -0.2) is 37.0 Å². The fourth-order valence-corrected chi connectivity index (χ4v) is 2.42. The van der Waals surface area contributed by atoms with Crippen LogP contribution in [-0.2, 0) is 15.9 Å². The number of benzene rings is 1. The number of halogens is 1. The number of aliphatic hydroxyl groups is 1. The van der Waals surface area contributed by atoms with Gasteiger partial charge in [0.2, 0.25) is 0 Å². The molecule has 6 heteroatoms. The van der Waals surface area contributed by atoms with Crippen LogP contribution in [0.1, 0.15) is 38.8 Å². The standard InChI is InChI=1S/C17H25BFNO3/c1-16(2)17(3,4)23-18(22-16)14(10-20-5)9-12-6-7-15(19)13(8-12)11-21/h6-9,20-21H,10-11H2,1-5H3. The van der Waals surface area contributed by atoms with Crippen LogP contribution in [0.5, 0.6) is 0 Å². The maximum atomic E-state index is 13.5. The molecule has 126 valence electrons. The summed E-state index contributed by atoms with van der Waals surface area (Å²) in [5, 5.41) is 12.3. The van der Waals surface area contributed by atoms with Crippen molar-refractivity contribution in [3.05, 3.63) is 40.6 Å². The van der Waals surface area contributed by atoms with Crippen LogP contribution in [0.4, 0.5) is 4.39 Å². The van der Waals surface area contributed by atoms with Gasteiger partial charge in [0.15, 0.2) is 0 Å². The van der Waals surface area contributed by atoms with Crippen molar-refractivity contribution in [3.8, 4) is 0 Å². The summed E-state index contributed by atoms with van der Waals surface area (Å²) in [6.07, 6.45) is 1.91. The Labute approximate surface area is 137 Å². The third-order valence-electron chi connectivity index (χ3n) is 4.53. The Balaban J connectivity index is 2.32. The highest BCUT2D eigenvalue weighted by Gasteiger charge is 2.52. The Morgan fingerprint density at radius 3 is 2.39 bits per heavy atom. The van der Waals surface area contributed by atoms with Gasteiger partial charge in [-0.05, 0) is 57.9 Å². The molecular formula is C17H25BFNO3. The fraction of sp³-hybridized carbons (Fsp3) is 0.529. The number of hydrogen-bond donors (Lipinski definition) is 2. The minimum absolute atomic E-state index is 0.275. The van der Waals surface area contributed by atoms with E-state index in [0.717, 1.165) is 11.0 Å². The Hall–Kier alpha value is -1.21. The van der Waals surface area contributed by atoms with Crippen LogP contribution < -0.4 is 5.32 Å². The van der Waals surface area contributed by atoms with E-state index in [9.17, 15) is 9.50 Å². The van der Waals surface area contributed by atoms with Crippen molar-refractivity contribution >= 4 is 13.2 Å². The molecule has 0 unspecified atom stereocenters. The summed E-state index contributed by atoms with van der Waals surface area (Å²) in [6, 6.07) is 4.67. The van der Waals surface area contributed by atoms with E-state index in [1.165, 1.54) is 6.07 Å². The molecule has 23 heavy (non-hydrogen) atoms. The van der Waals surface area contributed by atoms with E-state index in [-0.39, 0.29) is 12.2 Å². The zero-order valence-electron chi connectivity index (χ0n) is 14.4. The predicted octanol–water partition coefficient (Wildman–Crippen LogP) is 2.55. The highest BCUT2D eigenvalue weighted by atomic mass is 19.1. The summed E-state index contributed by atoms with van der Waals surface area (Å²) in [5.74, 6) is -0.407. The van der Waals surface area contributed by atoms with Crippen LogP contribution in [0.3, 0.4) is 0 Å². The molecule has 1 fully saturated rings. The molecule has 1 heterocycles. The Kier molecular flexibility index (Phi) is 5.31. The van der Waals surface area contributed by atoms with Crippen molar-refractivity contribution < 1.29 is 18.8 Å². The van der Waals surface area contributed by atoms with Gasteiger partial charge >= 0.3 is 7.12 Å². The topological polar surface area (TPSA) is 50.7 Å².